The molecule has 0 fully saturated rings. The Kier molecular flexibility index (Phi) is 5.05. The highest BCUT2D eigenvalue weighted by Gasteiger charge is 1.95. The molecule has 15 heavy (non-hydrogen) atoms. The Morgan fingerprint density at radius 1 is 1.33 bits per heavy atom. The van der Waals surface area contributed by atoms with Crippen LogP contribution < -0.4 is 0 Å². The first-order valence-corrected chi connectivity index (χ1v) is 5.12. The third-order valence-corrected chi connectivity index (χ3v) is 2.45. The predicted molar refractivity (Wildman–Crippen MR) is 64.1 cm³/mol. The first-order valence-electron chi connectivity index (χ1n) is 4.36. The zero-order valence-corrected chi connectivity index (χ0v) is 9.41. The maximum absolute atomic E-state index is 8.05. The van der Waals surface area contributed by atoms with E-state index < -0.39 is 0 Å². The Hall–Kier alpha value is -1.15. The summed E-state index contributed by atoms with van der Waals surface area (Å²) >= 11 is 11.6. The summed E-state index contributed by atoms with van der Waals surface area (Å²) in [6.45, 7) is 0.467. The van der Waals surface area contributed by atoms with Crippen molar-refractivity contribution in [1.82, 2.24) is 0 Å². The van der Waals surface area contributed by atoms with Crippen LogP contribution in [0, 0.1) is 0 Å². The molecule has 0 heterocycles. The van der Waals surface area contributed by atoms with E-state index in [2.05, 4.69) is 10.0 Å². The van der Waals surface area contributed by atoms with Gasteiger partial charge in [-0.05, 0) is 29.6 Å². The Labute approximate surface area is 97.9 Å². The van der Waals surface area contributed by atoms with Crippen LogP contribution in [0.5, 0.6) is 0 Å². The standard InChI is InChI=1S/C10H9Cl2N3/c11-9-5-4-8(7-10(9)12)3-1-2-6-14-15-13/h1,3-5,7H,2,6H2. The van der Waals surface area contributed by atoms with Crippen LogP contribution >= 0.6 is 23.2 Å². The highest BCUT2D eigenvalue weighted by atomic mass is 35.5. The van der Waals surface area contributed by atoms with E-state index in [9.17, 15) is 0 Å². The molecule has 0 radical (unpaired) electrons. The quantitative estimate of drug-likeness (QED) is 0.318. The second-order valence-corrected chi connectivity index (χ2v) is 3.63. The van der Waals surface area contributed by atoms with Gasteiger partial charge in [-0.2, -0.15) is 0 Å². The molecular weight excluding hydrogens is 233 g/mol. The van der Waals surface area contributed by atoms with Crippen LogP contribution in [-0.2, 0) is 0 Å². The normalized spacial score (nSPS) is 10.3. The molecule has 0 aromatic heterocycles. The molecule has 0 atom stereocenters. The van der Waals surface area contributed by atoms with Gasteiger partial charge in [-0.25, -0.2) is 0 Å². The average Bonchev–Trinajstić information content (AvgIpc) is 2.23. The summed E-state index contributed by atoms with van der Waals surface area (Å²) in [4.78, 5) is 2.66. The molecule has 0 aliphatic rings. The van der Waals surface area contributed by atoms with E-state index in [4.69, 9.17) is 28.7 Å². The van der Waals surface area contributed by atoms with Crippen molar-refractivity contribution >= 4 is 29.3 Å². The lowest BCUT2D eigenvalue weighted by atomic mass is 10.2. The molecule has 78 valence electrons. The third kappa shape index (κ3) is 4.26. The minimum Gasteiger partial charge on any atom is -0.0937 e. The van der Waals surface area contributed by atoms with Crippen molar-refractivity contribution in [3.63, 3.8) is 0 Å². The number of hydrogen-bond donors (Lipinski definition) is 0. The van der Waals surface area contributed by atoms with Crippen molar-refractivity contribution in [3.05, 3.63) is 50.3 Å². The van der Waals surface area contributed by atoms with Crippen LogP contribution in [0.2, 0.25) is 10.0 Å². The maximum atomic E-state index is 8.05. The van der Waals surface area contributed by atoms with Crippen molar-refractivity contribution in [1.29, 1.82) is 0 Å². The van der Waals surface area contributed by atoms with Crippen molar-refractivity contribution in [2.75, 3.05) is 6.54 Å². The van der Waals surface area contributed by atoms with Crippen molar-refractivity contribution in [3.8, 4) is 0 Å². The van der Waals surface area contributed by atoms with Gasteiger partial charge in [0.2, 0.25) is 0 Å². The van der Waals surface area contributed by atoms with Gasteiger partial charge in [0, 0.05) is 11.5 Å². The molecule has 0 spiro atoms. The SMILES string of the molecule is [N-]=[N+]=NCCC=Cc1ccc(Cl)c(Cl)c1. The molecule has 0 unspecified atom stereocenters. The number of halogens is 2. The molecule has 0 aliphatic heterocycles. The topological polar surface area (TPSA) is 48.8 Å². The van der Waals surface area contributed by atoms with Crippen molar-refractivity contribution in [2.24, 2.45) is 5.11 Å². The summed E-state index contributed by atoms with van der Waals surface area (Å²) in [6.07, 6.45) is 4.55. The molecule has 0 aliphatic carbocycles. The van der Waals surface area contributed by atoms with E-state index in [1.54, 1.807) is 12.1 Å². The zero-order chi connectivity index (χ0) is 11.1. The van der Waals surface area contributed by atoms with Crippen LogP contribution in [0.1, 0.15) is 12.0 Å². The Bertz CT molecular complexity index is 409. The van der Waals surface area contributed by atoms with Crippen LogP contribution in [0.3, 0.4) is 0 Å². The van der Waals surface area contributed by atoms with E-state index in [0.29, 0.717) is 23.0 Å². The van der Waals surface area contributed by atoms with Gasteiger partial charge in [-0.3, -0.25) is 0 Å². The second kappa shape index (κ2) is 6.36. The number of hydrogen-bond acceptors (Lipinski definition) is 1. The molecule has 0 amide bonds. The Morgan fingerprint density at radius 3 is 2.80 bits per heavy atom. The molecule has 1 rings (SSSR count). The van der Waals surface area contributed by atoms with Gasteiger partial charge in [0.1, 0.15) is 0 Å². The van der Waals surface area contributed by atoms with Gasteiger partial charge in [-0.15, -0.1) is 0 Å². The van der Waals surface area contributed by atoms with Crippen molar-refractivity contribution in [2.45, 2.75) is 6.42 Å². The molecule has 5 heteroatoms. The van der Waals surface area contributed by atoms with Gasteiger partial charge in [-0.1, -0.05) is 46.5 Å². The zero-order valence-electron chi connectivity index (χ0n) is 7.90. The first kappa shape index (κ1) is 11.9. The minimum atomic E-state index is 0.467. The monoisotopic (exact) mass is 241 g/mol. The fourth-order valence-electron chi connectivity index (χ4n) is 1.01. The molecule has 0 bridgehead atoms. The second-order valence-electron chi connectivity index (χ2n) is 2.82. The summed E-state index contributed by atoms with van der Waals surface area (Å²) in [5, 5.41) is 4.50. The van der Waals surface area contributed by atoms with Gasteiger partial charge in [0.25, 0.3) is 0 Å². The minimum absolute atomic E-state index is 0.467. The molecule has 0 N–H and O–H groups in total. The van der Waals surface area contributed by atoms with Crippen LogP contribution in [0.4, 0.5) is 0 Å². The highest BCUT2D eigenvalue weighted by Crippen LogP contribution is 2.23. The molecule has 0 saturated heterocycles. The smallest absolute Gasteiger partial charge is 0.0598 e. The van der Waals surface area contributed by atoms with Crippen LogP contribution in [-0.4, -0.2) is 6.54 Å². The molecule has 0 saturated carbocycles. The lowest BCUT2D eigenvalue weighted by Crippen LogP contribution is -1.75. The highest BCUT2D eigenvalue weighted by molar-refractivity contribution is 6.42. The first-order chi connectivity index (χ1) is 7.24. The van der Waals surface area contributed by atoms with Gasteiger partial charge < -0.3 is 0 Å². The van der Waals surface area contributed by atoms with Crippen LogP contribution in [0.15, 0.2) is 29.4 Å². The molecule has 1 aromatic rings. The predicted octanol–water partition coefficient (Wildman–Crippen LogP) is 4.71. The summed E-state index contributed by atoms with van der Waals surface area (Å²) in [5.74, 6) is 0. The summed E-state index contributed by atoms with van der Waals surface area (Å²) in [7, 11) is 0. The summed E-state index contributed by atoms with van der Waals surface area (Å²) in [5.41, 5.74) is 9.03. The van der Waals surface area contributed by atoms with Gasteiger partial charge in [0.15, 0.2) is 0 Å². The largest absolute Gasteiger partial charge is 0.0937 e. The molecule has 3 nitrogen and oxygen atoms in total. The Morgan fingerprint density at radius 2 is 2.13 bits per heavy atom. The summed E-state index contributed by atoms with van der Waals surface area (Å²) in [6, 6.07) is 5.41. The van der Waals surface area contributed by atoms with Crippen LogP contribution in [0.25, 0.3) is 16.5 Å². The van der Waals surface area contributed by atoms with Crippen molar-refractivity contribution < 1.29 is 0 Å². The summed E-state index contributed by atoms with van der Waals surface area (Å²) < 4.78 is 0. The lowest BCUT2D eigenvalue weighted by Gasteiger charge is -1.96. The fourth-order valence-corrected chi connectivity index (χ4v) is 1.32. The van der Waals surface area contributed by atoms with Gasteiger partial charge >= 0.3 is 0 Å². The van der Waals surface area contributed by atoms with E-state index in [1.807, 2.05) is 18.2 Å². The molecule has 1 aromatic carbocycles. The fraction of sp³-hybridized carbons (Fsp3) is 0.200. The lowest BCUT2D eigenvalue weighted by molar-refractivity contribution is 0.996. The maximum Gasteiger partial charge on any atom is 0.0598 e. The number of benzene rings is 1. The Balaban J connectivity index is 2.56. The molecular formula is C10H9Cl2N3. The van der Waals surface area contributed by atoms with E-state index in [0.717, 1.165) is 5.56 Å². The number of rotatable bonds is 4. The van der Waals surface area contributed by atoms with E-state index in [1.165, 1.54) is 0 Å². The average molecular weight is 242 g/mol. The van der Waals surface area contributed by atoms with E-state index >= 15 is 0 Å². The number of nitrogens with zero attached hydrogens (tertiary/aromatic N) is 3. The van der Waals surface area contributed by atoms with Gasteiger partial charge in [0.05, 0.1) is 10.0 Å². The van der Waals surface area contributed by atoms with E-state index in [-0.39, 0.29) is 0 Å². The third-order valence-electron chi connectivity index (χ3n) is 1.71. The number of azide groups is 1.